The zero-order chi connectivity index (χ0) is 74.1. The summed E-state index contributed by atoms with van der Waals surface area (Å²) in [4.78, 5) is 141. The number of nitro groups is 1. The van der Waals surface area contributed by atoms with Gasteiger partial charge in [-0.2, -0.15) is 0 Å². The molecule has 6 rings (SSSR count). The van der Waals surface area contributed by atoms with E-state index in [0.717, 1.165) is 31.0 Å². The number of nitrogen functional groups attached to an aromatic ring is 2. The van der Waals surface area contributed by atoms with Crippen molar-refractivity contribution in [3.05, 3.63) is 189 Å². The molecule has 29 nitrogen and oxygen atoms in total. The number of hydrogen-bond donors (Lipinski definition) is 14. The molecule has 0 fully saturated rings. The molecule has 0 aliphatic rings. The summed E-state index contributed by atoms with van der Waals surface area (Å²) in [7, 11) is -14.1. The van der Waals surface area contributed by atoms with Gasteiger partial charge in [0, 0.05) is 66.5 Å². The Kier molecular flexibility index (Phi) is 31.9. The number of nitro benzene ring substituents is 1. The fourth-order valence-electron chi connectivity index (χ4n) is 10.0. The van der Waals surface area contributed by atoms with Gasteiger partial charge >= 0.3 is 23.5 Å². The van der Waals surface area contributed by atoms with Gasteiger partial charge in [-0.1, -0.05) is 96.1 Å². The highest BCUT2D eigenvalue weighted by Gasteiger charge is 2.29. The fourth-order valence-corrected chi connectivity index (χ4v) is 11.2. The lowest BCUT2D eigenvalue weighted by Crippen LogP contribution is -2.50. The monoisotopic (exact) mass is 1440 g/mol. The number of anilines is 2. The number of carbonyl (C=O) groups excluding carboxylic acids is 6. The number of para-hydroxylation sites is 1. The summed E-state index contributed by atoms with van der Waals surface area (Å²) in [5.74, 6) is -3.14. The molecule has 538 valence electrons. The van der Waals surface area contributed by atoms with Crippen LogP contribution in [-0.4, -0.2) is 106 Å². The highest BCUT2D eigenvalue weighted by Crippen LogP contribution is 2.39. The SMILES string of the molecule is CC(C)CC(C)NC(=O)C(Cc1ccc(OP(=O)(O)O)cc1)NC(=O)c1cc([N+](=O)[O-])ccc1F.CC(C)CC(C)NC(=O)C(Cc1ccc(OP(=O)(O)O)cc1)NC(=O)c1cccc(N)c1.CC(C)CC(C)NC(=O)C(Cc1ccc(OP(=O)(O)O)cc1)NC(=O)c1ccccc1N. The van der Waals surface area contributed by atoms with E-state index in [1.807, 2.05) is 27.7 Å². The number of phosphoric ester groups is 3. The van der Waals surface area contributed by atoms with Crippen molar-refractivity contribution in [3.63, 3.8) is 0 Å². The second-order valence-corrected chi connectivity index (χ2v) is 28.1. The number of nitrogens with one attached hydrogen (secondary N) is 6. The van der Waals surface area contributed by atoms with E-state index in [0.29, 0.717) is 57.8 Å². The van der Waals surface area contributed by atoms with Crippen LogP contribution in [0.15, 0.2) is 140 Å². The molecule has 0 heterocycles. The highest BCUT2D eigenvalue weighted by molar-refractivity contribution is 7.47. The van der Waals surface area contributed by atoms with Crippen LogP contribution in [0.2, 0.25) is 0 Å². The number of phosphoric acid groups is 3. The number of halogens is 1. The van der Waals surface area contributed by atoms with Crippen molar-refractivity contribution in [3.8, 4) is 17.2 Å². The number of amides is 6. The standard InChI is InChI=1S/C22H27FN3O8P.2C22H30N3O6P/c1-13(2)10-14(3)24-22(28)20(11-15-4-7-17(8-5-15)34-35(31,32)33)25-21(27)18-12-16(26(29)30)6-9-19(18)23;1-14(2)11-15(3)24-22(27)20(25-21(26)17-5-4-6-18(23)13-17)12-16-7-9-19(10-8-16)31-32(28,29)30;1-14(2)12-15(3)24-22(27)20(25-21(26)18-6-4-5-7-19(18)23)13-16-8-10-17(11-9-16)31-32(28,29)30/h4-9,12-14,20H,10-11H2,1-3H3,(H,24,28)(H,25,27)(H2,31,32,33);4-10,13-15,20H,11-12,23H2,1-3H3,(H,24,27)(H,25,26)(H2,28,29,30);4-11,14-15,20H,12-13,23H2,1-3H3,(H,24,27)(H,25,26)(H2,28,29,30). The average molecular weight is 1440 g/mol. The molecule has 6 unspecified atom stereocenters. The van der Waals surface area contributed by atoms with Crippen LogP contribution < -0.4 is 56.9 Å². The average Bonchev–Trinajstić information content (AvgIpc) is 0.848. The minimum absolute atomic E-state index is 0.00237. The summed E-state index contributed by atoms with van der Waals surface area (Å²) >= 11 is 0. The summed E-state index contributed by atoms with van der Waals surface area (Å²) in [6, 6.07) is 29.6. The van der Waals surface area contributed by atoms with Crippen molar-refractivity contribution in [2.24, 2.45) is 17.8 Å². The number of nitrogens with two attached hydrogens (primary N) is 2. The van der Waals surface area contributed by atoms with E-state index >= 15 is 0 Å². The van der Waals surface area contributed by atoms with Crippen molar-refractivity contribution < 1.29 is 94.7 Å². The van der Waals surface area contributed by atoms with Crippen LogP contribution in [-0.2, 0) is 47.3 Å². The number of benzene rings is 6. The lowest BCUT2D eigenvalue weighted by atomic mass is 10.0. The van der Waals surface area contributed by atoms with Crippen LogP contribution in [0.1, 0.15) is 129 Å². The smallest absolute Gasteiger partial charge is 0.404 e. The summed E-state index contributed by atoms with van der Waals surface area (Å²) in [5, 5.41) is 27.6. The van der Waals surface area contributed by atoms with Gasteiger partial charge in [0.05, 0.1) is 16.1 Å². The van der Waals surface area contributed by atoms with Crippen LogP contribution in [0.5, 0.6) is 17.2 Å². The van der Waals surface area contributed by atoms with E-state index < -0.39 is 87.2 Å². The maximum absolute atomic E-state index is 14.2. The molecule has 6 aromatic carbocycles. The first-order chi connectivity index (χ1) is 46.1. The Hall–Kier alpha value is -9.08. The van der Waals surface area contributed by atoms with Gasteiger partial charge in [0.15, 0.2) is 0 Å². The van der Waals surface area contributed by atoms with Crippen LogP contribution in [0.3, 0.4) is 0 Å². The maximum Gasteiger partial charge on any atom is 0.524 e. The molecule has 33 heteroatoms. The molecule has 99 heavy (non-hydrogen) atoms. The van der Waals surface area contributed by atoms with Crippen LogP contribution in [0, 0.1) is 33.7 Å². The molecule has 0 radical (unpaired) electrons. The Morgan fingerprint density at radius 2 is 0.798 bits per heavy atom. The first-order valence-corrected chi connectivity index (χ1v) is 35.7. The largest absolute Gasteiger partial charge is 0.524 e. The molecule has 0 saturated carbocycles. The molecule has 0 bridgehead atoms. The van der Waals surface area contributed by atoms with E-state index in [9.17, 15) is 57.0 Å². The zero-order valence-electron chi connectivity index (χ0n) is 55.9. The van der Waals surface area contributed by atoms with Crippen molar-refractivity contribution >= 4 is 76.0 Å². The topological polar surface area (TPSA) is 470 Å². The van der Waals surface area contributed by atoms with Crippen molar-refractivity contribution in [1.82, 2.24) is 31.9 Å². The molecule has 0 spiro atoms. The normalized spacial score (nSPS) is 13.2. The van der Waals surface area contributed by atoms with Gasteiger partial charge in [-0.15, -0.1) is 0 Å². The number of carbonyl (C=O) groups is 6. The van der Waals surface area contributed by atoms with Gasteiger partial charge in [-0.05, 0) is 147 Å². The van der Waals surface area contributed by atoms with E-state index in [-0.39, 0.29) is 72.0 Å². The van der Waals surface area contributed by atoms with E-state index in [1.54, 1.807) is 73.7 Å². The van der Waals surface area contributed by atoms with Crippen molar-refractivity contribution in [1.29, 1.82) is 0 Å². The third-order valence-corrected chi connectivity index (χ3v) is 15.4. The molecule has 0 saturated heterocycles. The molecular weight excluding hydrogens is 1350 g/mol. The van der Waals surface area contributed by atoms with E-state index in [4.69, 9.17) is 40.8 Å². The summed E-state index contributed by atoms with van der Waals surface area (Å²) < 4.78 is 60.7. The number of hydrogen-bond acceptors (Lipinski definition) is 16. The molecular formula is C66H87FN9O20P3. The molecule has 6 aromatic rings. The third-order valence-electron chi connectivity index (χ3n) is 14.0. The molecule has 0 aromatic heterocycles. The summed E-state index contributed by atoms with van der Waals surface area (Å²) in [6.45, 7) is 17.8. The Labute approximate surface area is 572 Å². The summed E-state index contributed by atoms with van der Waals surface area (Å²) in [6.07, 6.45) is 2.51. The quantitative estimate of drug-likeness (QED) is 0.00840. The van der Waals surface area contributed by atoms with Crippen LogP contribution in [0.25, 0.3) is 0 Å². The van der Waals surface area contributed by atoms with Gasteiger partial charge in [-0.25, -0.2) is 18.1 Å². The van der Waals surface area contributed by atoms with Gasteiger partial charge in [-0.3, -0.25) is 68.2 Å². The second kappa shape index (κ2) is 38.3. The number of rotatable bonds is 31. The fraction of sp³-hybridized carbons (Fsp3) is 0.364. The van der Waals surface area contributed by atoms with Gasteiger partial charge in [0.25, 0.3) is 23.4 Å². The Bertz CT molecular complexity index is 3850. The van der Waals surface area contributed by atoms with Crippen molar-refractivity contribution in [2.45, 2.75) is 137 Å². The minimum atomic E-state index is -4.75. The van der Waals surface area contributed by atoms with Gasteiger partial charge < -0.3 is 56.9 Å². The lowest BCUT2D eigenvalue weighted by Gasteiger charge is -2.23. The predicted octanol–water partition coefficient (Wildman–Crippen LogP) is 8.36. The first-order valence-electron chi connectivity index (χ1n) is 31.1. The Balaban J connectivity index is 0.000000316. The Morgan fingerprint density at radius 3 is 1.12 bits per heavy atom. The third kappa shape index (κ3) is 31.6. The second-order valence-electron chi connectivity index (χ2n) is 24.6. The van der Waals surface area contributed by atoms with Crippen LogP contribution in [0.4, 0.5) is 21.5 Å². The van der Waals surface area contributed by atoms with Crippen molar-refractivity contribution in [2.75, 3.05) is 11.5 Å². The molecule has 0 aliphatic heterocycles. The van der Waals surface area contributed by atoms with E-state index in [2.05, 4.69) is 73.2 Å². The molecule has 0 aliphatic carbocycles. The van der Waals surface area contributed by atoms with Gasteiger partial charge in [0.1, 0.15) is 41.2 Å². The Morgan fingerprint density at radius 1 is 0.455 bits per heavy atom. The summed E-state index contributed by atoms with van der Waals surface area (Å²) in [5.41, 5.74) is 13.8. The molecule has 6 amide bonds. The predicted molar refractivity (Wildman–Crippen MR) is 368 cm³/mol. The zero-order valence-corrected chi connectivity index (χ0v) is 58.6. The number of nitrogens with zero attached hydrogens (tertiary/aromatic N) is 1. The first kappa shape index (κ1) is 82.3. The molecule has 16 N–H and O–H groups in total. The number of non-ortho nitro benzene ring substituents is 1. The molecule has 6 atom stereocenters. The van der Waals surface area contributed by atoms with Crippen LogP contribution >= 0.6 is 23.5 Å². The minimum Gasteiger partial charge on any atom is -0.404 e. The van der Waals surface area contributed by atoms with Gasteiger partial charge in [0.2, 0.25) is 17.7 Å². The lowest BCUT2D eigenvalue weighted by molar-refractivity contribution is -0.384. The highest BCUT2D eigenvalue weighted by atomic mass is 31.2. The van der Waals surface area contributed by atoms with E-state index in [1.165, 1.54) is 54.6 Å². The maximum atomic E-state index is 14.2.